The Labute approximate surface area is 103 Å². The monoisotopic (exact) mass is 289 g/mol. The van der Waals surface area contributed by atoms with E-state index in [9.17, 15) is 26.4 Å². The molecule has 0 amide bonds. The fourth-order valence-electron chi connectivity index (χ4n) is 1.91. The zero-order valence-corrected chi connectivity index (χ0v) is 10.3. The van der Waals surface area contributed by atoms with Crippen LogP contribution in [-0.4, -0.2) is 42.4 Å². The van der Waals surface area contributed by atoms with E-state index in [0.29, 0.717) is 10.7 Å². The Bertz CT molecular complexity index is 399. The lowest BCUT2D eigenvalue weighted by molar-refractivity contribution is -0.137. The Balaban J connectivity index is 2.52. The van der Waals surface area contributed by atoms with Crippen LogP contribution in [0.4, 0.5) is 13.2 Å². The highest BCUT2D eigenvalue weighted by Crippen LogP contribution is 2.31. The van der Waals surface area contributed by atoms with Crippen molar-refractivity contribution in [2.45, 2.75) is 31.2 Å². The van der Waals surface area contributed by atoms with E-state index in [4.69, 9.17) is 5.11 Å². The van der Waals surface area contributed by atoms with Gasteiger partial charge in [-0.2, -0.15) is 17.5 Å². The zero-order chi connectivity index (χ0) is 14.0. The molecule has 0 saturated carbocycles. The van der Waals surface area contributed by atoms with Crippen molar-refractivity contribution in [3.8, 4) is 0 Å². The topological polar surface area (TPSA) is 74.7 Å². The van der Waals surface area contributed by atoms with Crippen LogP contribution in [0.2, 0.25) is 0 Å². The third-order valence-electron chi connectivity index (χ3n) is 2.97. The van der Waals surface area contributed by atoms with Gasteiger partial charge in [-0.1, -0.05) is 0 Å². The second kappa shape index (κ2) is 5.43. The predicted molar refractivity (Wildman–Crippen MR) is 56.1 cm³/mol. The average Bonchev–Trinajstić information content (AvgIpc) is 2.25. The van der Waals surface area contributed by atoms with Gasteiger partial charge in [-0.05, 0) is 25.2 Å². The predicted octanol–water partition coefficient (Wildman–Crippen LogP) is 1.41. The lowest BCUT2D eigenvalue weighted by Crippen LogP contribution is -2.44. The van der Waals surface area contributed by atoms with Crippen LogP contribution in [0.3, 0.4) is 0 Å². The molecule has 18 heavy (non-hydrogen) atoms. The number of rotatable bonds is 4. The number of hydrogen-bond donors (Lipinski definition) is 1. The Kier molecular flexibility index (Phi) is 4.60. The maximum Gasteiger partial charge on any atom is 0.511 e. The van der Waals surface area contributed by atoms with E-state index in [2.05, 4.69) is 0 Å². The van der Waals surface area contributed by atoms with Crippen LogP contribution in [0.5, 0.6) is 0 Å². The molecule has 0 radical (unpaired) electrons. The molecule has 0 aromatic rings. The van der Waals surface area contributed by atoms with Crippen molar-refractivity contribution in [1.29, 1.82) is 0 Å². The fourth-order valence-corrected chi connectivity index (χ4v) is 2.90. The summed E-state index contributed by atoms with van der Waals surface area (Å²) in [4.78, 5) is 10.3. The van der Waals surface area contributed by atoms with Crippen LogP contribution < -0.4 is 0 Å². The first-order valence-electron chi connectivity index (χ1n) is 5.43. The third kappa shape index (κ3) is 3.58. The standard InChI is InChI=1S/C9H14F3NO4S/c10-9(11,12)18(16,17)13-5-3-7(4-6-13)1-2-8(14)15/h7H,1-6H2,(H,14,15). The molecule has 0 aliphatic carbocycles. The number of aliphatic carboxylic acids is 1. The van der Waals surface area contributed by atoms with E-state index >= 15 is 0 Å². The second-order valence-corrected chi connectivity index (χ2v) is 6.16. The number of halogens is 3. The molecule has 1 saturated heterocycles. The molecule has 0 unspecified atom stereocenters. The second-order valence-electron chi connectivity index (χ2n) is 4.23. The van der Waals surface area contributed by atoms with E-state index in [1.165, 1.54) is 0 Å². The summed E-state index contributed by atoms with van der Waals surface area (Å²) in [6.07, 6.45) is 0.858. The van der Waals surface area contributed by atoms with E-state index in [-0.39, 0.29) is 38.3 Å². The molecule has 1 N–H and O–H groups in total. The molecule has 5 nitrogen and oxygen atoms in total. The Morgan fingerprint density at radius 3 is 2.17 bits per heavy atom. The maximum absolute atomic E-state index is 12.3. The molecule has 106 valence electrons. The molecule has 9 heteroatoms. The van der Waals surface area contributed by atoms with Crippen LogP contribution in [0.15, 0.2) is 0 Å². The summed E-state index contributed by atoms with van der Waals surface area (Å²) in [7, 11) is -5.24. The minimum atomic E-state index is -5.26. The number of carboxylic acids is 1. The van der Waals surface area contributed by atoms with Crippen LogP contribution in [-0.2, 0) is 14.8 Å². The molecule has 0 aromatic heterocycles. The molecule has 1 fully saturated rings. The van der Waals surface area contributed by atoms with Crippen LogP contribution in [0, 0.1) is 5.92 Å². The summed E-state index contributed by atoms with van der Waals surface area (Å²) in [5.41, 5.74) is -5.26. The molecular formula is C9H14F3NO4S. The van der Waals surface area contributed by atoms with Gasteiger partial charge in [-0.3, -0.25) is 4.79 Å². The zero-order valence-electron chi connectivity index (χ0n) is 9.48. The molecule has 0 atom stereocenters. The summed E-state index contributed by atoms with van der Waals surface area (Å²) >= 11 is 0. The van der Waals surface area contributed by atoms with Crippen LogP contribution in [0.25, 0.3) is 0 Å². The van der Waals surface area contributed by atoms with Crippen molar-refractivity contribution in [2.75, 3.05) is 13.1 Å². The number of carboxylic acid groups (broad SMARTS) is 1. The number of piperidine rings is 1. The number of nitrogens with zero attached hydrogens (tertiary/aromatic N) is 1. The minimum Gasteiger partial charge on any atom is -0.481 e. The Morgan fingerprint density at radius 1 is 1.28 bits per heavy atom. The van der Waals surface area contributed by atoms with Crippen molar-refractivity contribution >= 4 is 16.0 Å². The molecule has 1 aliphatic heterocycles. The number of alkyl halides is 3. The highest BCUT2D eigenvalue weighted by atomic mass is 32.2. The fraction of sp³-hybridized carbons (Fsp3) is 0.889. The smallest absolute Gasteiger partial charge is 0.481 e. The van der Waals surface area contributed by atoms with E-state index in [1.807, 2.05) is 0 Å². The molecule has 0 bridgehead atoms. The van der Waals surface area contributed by atoms with Gasteiger partial charge in [0.25, 0.3) is 0 Å². The van der Waals surface area contributed by atoms with Crippen molar-refractivity contribution in [1.82, 2.24) is 4.31 Å². The van der Waals surface area contributed by atoms with Gasteiger partial charge in [-0.25, -0.2) is 8.42 Å². The highest BCUT2D eigenvalue weighted by Gasteiger charge is 2.50. The summed E-state index contributed by atoms with van der Waals surface area (Å²) in [6, 6.07) is 0. The first kappa shape index (κ1) is 15.2. The SMILES string of the molecule is O=C(O)CCC1CCN(S(=O)(=O)C(F)(F)F)CC1. The first-order valence-corrected chi connectivity index (χ1v) is 6.87. The van der Waals surface area contributed by atoms with E-state index < -0.39 is 21.5 Å². The first-order chi connectivity index (χ1) is 8.14. The van der Waals surface area contributed by atoms with Gasteiger partial charge in [0.15, 0.2) is 0 Å². The highest BCUT2D eigenvalue weighted by molar-refractivity contribution is 7.90. The molecule has 0 aromatic carbocycles. The van der Waals surface area contributed by atoms with E-state index in [0.717, 1.165) is 0 Å². The Hall–Kier alpha value is -0.830. The summed E-state index contributed by atoms with van der Waals surface area (Å²) < 4.78 is 59.4. The van der Waals surface area contributed by atoms with Gasteiger partial charge in [0.05, 0.1) is 0 Å². The largest absolute Gasteiger partial charge is 0.511 e. The quantitative estimate of drug-likeness (QED) is 0.849. The van der Waals surface area contributed by atoms with Gasteiger partial charge in [0.2, 0.25) is 0 Å². The third-order valence-corrected chi connectivity index (χ3v) is 4.60. The van der Waals surface area contributed by atoms with Crippen LogP contribution >= 0.6 is 0 Å². The van der Waals surface area contributed by atoms with Crippen molar-refractivity contribution < 1.29 is 31.5 Å². The minimum absolute atomic E-state index is 0.0271. The molecule has 1 rings (SSSR count). The average molecular weight is 289 g/mol. The normalized spacial score (nSPS) is 19.9. The van der Waals surface area contributed by atoms with Gasteiger partial charge < -0.3 is 5.11 Å². The number of carbonyl (C=O) groups is 1. The van der Waals surface area contributed by atoms with Gasteiger partial charge >= 0.3 is 21.5 Å². The lowest BCUT2D eigenvalue weighted by atomic mass is 9.93. The summed E-state index contributed by atoms with van der Waals surface area (Å²) in [6.45, 7) is -0.405. The van der Waals surface area contributed by atoms with Gasteiger partial charge in [-0.15, -0.1) is 0 Å². The van der Waals surface area contributed by atoms with Crippen molar-refractivity contribution in [3.63, 3.8) is 0 Å². The van der Waals surface area contributed by atoms with Crippen molar-refractivity contribution in [2.24, 2.45) is 5.92 Å². The molecule has 1 heterocycles. The lowest BCUT2D eigenvalue weighted by Gasteiger charge is -2.31. The Morgan fingerprint density at radius 2 is 1.78 bits per heavy atom. The van der Waals surface area contributed by atoms with Gasteiger partial charge in [0, 0.05) is 19.5 Å². The summed E-state index contributed by atoms with van der Waals surface area (Å²) in [5.74, 6) is -0.985. The molecule has 1 aliphatic rings. The molecular weight excluding hydrogens is 275 g/mol. The molecule has 0 spiro atoms. The maximum atomic E-state index is 12.3. The van der Waals surface area contributed by atoms with Gasteiger partial charge in [0.1, 0.15) is 0 Å². The van der Waals surface area contributed by atoms with Crippen molar-refractivity contribution in [3.05, 3.63) is 0 Å². The number of sulfonamides is 1. The van der Waals surface area contributed by atoms with E-state index in [1.54, 1.807) is 0 Å². The van der Waals surface area contributed by atoms with Crippen LogP contribution in [0.1, 0.15) is 25.7 Å². The summed E-state index contributed by atoms with van der Waals surface area (Å²) in [5, 5.41) is 8.48. The number of hydrogen-bond acceptors (Lipinski definition) is 3.